The van der Waals surface area contributed by atoms with Gasteiger partial charge in [-0.25, -0.2) is 9.78 Å². The Hall–Kier alpha value is -3.46. The van der Waals surface area contributed by atoms with E-state index in [2.05, 4.69) is 59.9 Å². The first-order chi connectivity index (χ1) is 18.7. The first-order valence-electron chi connectivity index (χ1n) is 14.1. The maximum atomic E-state index is 12.2. The number of cyclic esters (lactones) is 1. The van der Waals surface area contributed by atoms with E-state index in [1.165, 1.54) is 17.2 Å². The molecule has 1 N–H and O–H groups in total. The summed E-state index contributed by atoms with van der Waals surface area (Å²) in [4.78, 5) is 39.3. The second-order valence-corrected chi connectivity index (χ2v) is 12.1. The third kappa shape index (κ3) is 4.67. The quantitative estimate of drug-likeness (QED) is 0.478. The van der Waals surface area contributed by atoms with E-state index in [-0.39, 0.29) is 29.6 Å². The second kappa shape index (κ2) is 9.62. The monoisotopic (exact) mass is 530 g/mol. The van der Waals surface area contributed by atoms with Gasteiger partial charge in [0.1, 0.15) is 12.4 Å². The smallest absolute Gasteiger partial charge is 0.415 e. The molecular formula is C30H38N6O3. The van der Waals surface area contributed by atoms with E-state index in [0.717, 1.165) is 51.0 Å². The van der Waals surface area contributed by atoms with Crippen molar-refractivity contribution in [1.29, 1.82) is 0 Å². The zero-order valence-corrected chi connectivity index (χ0v) is 23.2. The molecule has 3 fully saturated rings. The minimum absolute atomic E-state index is 0.0435. The van der Waals surface area contributed by atoms with Crippen LogP contribution in [0, 0.1) is 11.3 Å². The molecule has 9 heteroatoms. The van der Waals surface area contributed by atoms with Crippen LogP contribution in [0.3, 0.4) is 0 Å². The molecule has 4 heterocycles. The zero-order chi connectivity index (χ0) is 27.4. The number of rotatable bonds is 9. The van der Waals surface area contributed by atoms with Crippen molar-refractivity contribution in [2.45, 2.75) is 58.2 Å². The first-order valence-corrected chi connectivity index (χ1v) is 14.1. The SMILES string of the molecule is C=CC(=O)N1CC2(C1)CN(C(CC(C)C)c1ccc(C3(Nc4ncc5c(n4)N(CC)C(=O)OC5)CC3)cc1)C2. The van der Waals surface area contributed by atoms with Crippen LogP contribution in [0.25, 0.3) is 0 Å². The Balaban J connectivity index is 1.15. The number of aromatic nitrogens is 2. The molecule has 1 atom stereocenters. The van der Waals surface area contributed by atoms with Gasteiger partial charge in [-0.15, -0.1) is 0 Å². The number of carbonyl (C=O) groups is 2. The molecular weight excluding hydrogens is 492 g/mol. The van der Waals surface area contributed by atoms with Gasteiger partial charge in [0, 0.05) is 50.4 Å². The summed E-state index contributed by atoms with van der Waals surface area (Å²) in [6.45, 7) is 14.6. The van der Waals surface area contributed by atoms with Crippen LogP contribution in [0.5, 0.6) is 0 Å². The number of nitrogens with one attached hydrogen (secondary N) is 1. The van der Waals surface area contributed by atoms with Crippen LogP contribution in [0.15, 0.2) is 43.1 Å². The fraction of sp³-hybridized carbons (Fsp3) is 0.533. The van der Waals surface area contributed by atoms with Gasteiger partial charge < -0.3 is 15.0 Å². The van der Waals surface area contributed by atoms with Gasteiger partial charge in [0.2, 0.25) is 11.9 Å². The van der Waals surface area contributed by atoms with Crippen LogP contribution in [-0.4, -0.2) is 64.5 Å². The number of ether oxygens (including phenoxy) is 1. The standard InChI is InChI=1S/C30H38N6O3/c1-5-25(37)35-18-29(19-35)16-34(17-29)24(13-20(3)4)21-7-9-23(10-8-21)30(11-12-30)33-27-31-14-22-15-39-28(38)36(6-2)26(22)32-27/h5,7-10,14,20,24H,1,6,11-13,15-19H2,2-4H3,(H,31,32,33). The van der Waals surface area contributed by atoms with Gasteiger partial charge in [-0.1, -0.05) is 44.7 Å². The molecule has 0 radical (unpaired) electrons. The lowest BCUT2D eigenvalue weighted by Gasteiger charge is -2.62. The van der Waals surface area contributed by atoms with Crippen molar-refractivity contribution >= 4 is 23.8 Å². The highest BCUT2D eigenvalue weighted by Crippen LogP contribution is 2.49. The fourth-order valence-corrected chi connectivity index (χ4v) is 6.45. The average molecular weight is 531 g/mol. The molecule has 2 amide bonds. The van der Waals surface area contributed by atoms with Crippen LogP contribution in [0.2, 0.25) is 0 Å². The third-order valence-corrected chi connectivity index (χ3v) is 8.69. The molecule has 3 aliphatic heterocycles. The third-order valence-electron chi connectivity index (χ3n) is 8.69. The van der Waals surface area contributed by atoms with Gasteiger partial charge in [0.05, 0.1) is 11.1 Å². The molecule has 4 aliphatic rings. The van der Waals surface area contributed by atoms with Crippen LogP contribution >= 0.6 is 0 Å². The molecule has 1 saturated carbocycles. The van der Waals surface area contributed by atoms with Crippen LogP contribution < -0.4 is 10.2 Å². The minimum atomic E-state index is -0.365. The summed E-state index contributed by atoms with van der Waals surface area (Å²) in [6, 6.07) is 9.44. The Morgan fingerprint density at radius 3 is 2.51 bits per heavy atom. The van der Waals surface area contributed by atoms with Gasteiger partial charge in [0.25, 0.3) is 0 Å². The van der Waals surface area contributed by atoms with E-state index < -0.39 is 0 Å². The lowest BCUT2D eigenvalue weighted by atomic mass is 9.71. The molecule has 1 unspecified atom stereocenters. The molecule has 2 aromatic rings. The van der Waals surface area contributed by atoms with Crippen molar-refractivity contribution in [1.82, 2.24) is 19.8 Å². The van der Waals surface area contributed by atoms with E-state index in [4.69, 9.17) is 9.72 Å². The van der Waals surface area contributed by atoms with E-state index in [1.807, 2.05) is 11.8 Å². The Labute approximate surface area is 230 Å². The molecule has 6 rings (SSSR count). The molecule has 1 aromatic carbocycles. The highest BCUT2D eigenvalue weighted by molar-refractivity contribution is 5.89. The van der Waals surface area contributed by atoms with Crippen molar-refractivity contribution in [2.24, 2.45) is 11.3 Å². The average Bonchev–Trinajstić information content (AvgIpc) is 3.66. The van der Waals surface area contributed by atoms with Crippen molar-refractivity contribution in [3.8, 4) is 0 Å². The fourth-order valence-electron chi connectivity index (χ4n) is 6.45. The van der Waals surface area contributed by atoms with E-state index >= 15 is 0 Å². The molecule has 1 aromatic heterocycles. The van der Waals surface area contributed by atoms with Crippen LogP contribution in [-0.2, 0) is 21.7 Å². The number of likely N-dealkylation sites (tertiary alicyclic amines) is 2. The maximum absolute atomic E-state index is 12.2. The number of anilines is 2. The number of amides is 2. The summed E-state index contributed by atoms with van der Waals surface area (Å²) in [5, 5.41) is 3.57. The van der Waals surface area contributed by atoms with Crippen LogP contribution in [0.1, 0.15) is 62.8 Å². The van der Waals surface area contributed by atoms with Gasteiger partial charge in [0.15, 0.2) is 0 Å². The first kappa shape index (κ1) is 25.8. The number of nitrogens with zero attached hydrogens (tertiary/aromatic N) is 5. The summed E-state index contributed by atoms with van der Waals surface area (Å²) < 4.78 is 5.22. The summed E-state index contributed by atoms with van der Waals surface area (Å²) in [6.07, 6.45) is 5.93. The summed E-state index contributed by atoms with van der Waals surface area (Å²) in [5.74, 6) is 1.80. The van der Waals surface area contributed by atoms with Crippen molar-refractivity contribution < 1.29 is 14.3 Å². The van der Waals surface area contributed by atoms with Crippen molar-refractivity contribution in [3.63, 3.8) is 0 Å². The summed E-state index contributed by atoms with van der Waals surface area (Å²) in [7, 11) is 0. The molecule has 206 valence electrons. The molecule has 1 spiro atoms. The number of benzene rings is 1. The van der Waals surface area contributed by atoms with E-state index in [9.17, 15) is 9.59 Å². The van der Waals surface area contributed by atoms with Gasteiger partial charge in [-0.2, -0.15) is 4.98 Å². The Morgan fingerprint density at radius 1 is 1.18 bits per heavy atom. The van der Waals surface area contributed by atoms with Crippen LogP contribution in [0.4, 0.5) is 16.6 Å². The molecule has 1 aliphatic carbocycles. The molecule has 0 bridgehead atoms. The predicted octanol–water partition coefficient (Wildman–Crippen LogP) is 4.47. The Kier molecular flexibility index (Phi) is 6.37. The van der Waals surface area contributed by atoms with Gasteiger partial charge in [-0.3, -0.25) is 14.6 Å². The van der Waals surface area contributed by atoms with E-state index in [1.54, 1.807) is 11.1 Å². The Bertz CT molecular complexity index is 1270. The predicted molar refractivity (Wildman–Crippen MR) is 149 cm³/mol. The topological polar surface area (TPSA) is 90.9 Å². The normalized spacial score (nSPS) is 21.5. The highest BCUT2D eigenvalue weighted by atomic mass is 16.6. The van der Waals surface area contributed by atoms with Crippen molar-refractivity contribution in [2.75, 3.05) is 42.9 Å². The number of carbonyl (C=O) groups excluding carboxylic acids is 2. The number of fused-ring (bicyclic) bond motifs is 1. The molecule has 2 saturated heterocycles. The minimum Gasteiger partial charge on any atom is -0.444 e. The number of hydrogen-bond acceptors (Lipinski definition) is 7. The van der Waals surface area contributed by atoms with Gasteiger partial charge >= 0.3 is 6.09 Å². The maximum Gasteiger partial charge on any atom is 0.415 e. The lowest BCUT2D eigenvalue weighted by Crippen LogP contribution is -2.73. The van der Waals surface area contributed by atoms with E-state index in [0.29, 0.717) is 30.3 Å². The lowest BCUT2D eigenvalue weighted by molar-refractivity contribution is -0.159. The molecule has 39 heavy (non-hydrogen) atoms. The van der Waals surface area contributed by atoms with Crippen molar-refractivity contribution in [3.05, 3.63) is 59.8 Å². The van der Waals surface area contributed by atoms with Gasteiger partial charge in [-0.05, 0) is 49.3 Å². The number of hydrogen-bond donors (Lipinski definition) is 1. The Morgan fingerprint density at radius 2 is 1.90 bits per heavy atom. The zero-order valence-electron chi connectivity index (χ0n) is 23.2. The summed E-state index contributed by atoms with van der Waals surface area (Å²) >= 11 is 0. The second-order valence-electron chi connectivity index (χ2n) is 12.1. The highest BCUT2D eigenvalue weighted by Gasteiger charge is 2.54. The molecule has 9 nitrogen and oxygen atoms in total. The largest absolute Gasteiger partial charge is 0.444 e. The summed E-state index contributed by atoms with van der Waals surface area (Å²) in [5.41, 5.74) is 3.48.